The molecule has 1 aliphatic rings. The summed E-state index contributed by atoms with van der Waals surface area (Å²) < 4.78 is 0. The summed E-state index contributed by atoms with van der Waals surface area (Å²) in [5.41, 5.74) is 3.47. The molecule has 0 radical (unpaired) electrons. The van der Waals surface area contributed by atoms with Gasteiger partial charge < -0.3 is 9.80 Å². The number of carbonyl (C=O) groups is 1. The number of likely N-dealkylation sites (N-methyl/N-ethyl adjacent to an activating group) is 1. The van der Waals surface area contributed by atoms with E-state index in [1.807, 2.05) is 30.1 Å². The van der Waals surface area contributed by atoms with Crippen LogP contribution in [0.5, 0.6) is 0 Å². The molecule has 24 heavy (non-hydrogen) atoms. The van der Waals surface area contributed by atoms with Crippen molar-refractivity contribution in [2.75, 3.05) is 33.7 Å². The topological polar surface area (TPSA) is 23.6 Å². The molecule has 1 unspecified atom stereocenters. The SMILES string of the molecule is CN1CCC(CN(C)C(=O)Cc2ccc(-c3ccccc3)cc2)C1. The molecule has 1 aliphatic heterocycles. The van der Waals surface area contributed by atoms with Crippen LogP contribution in [0.15, 0.2) is 54.6 Å². The summed E-state index contributed by atoms with van der Waals surface area (Å²) in [5, 5.41) is 0. The number of rotatable bonds is 5. The van der Waals surface area contributed by atoms with E-state index in [1.54, 1.807) is 0 Å². The van der Waals surface area contributed by atoms with E-state index >= 15 is 0 Å². The van der Waals surface area contributed by atoms with Gasteiger partial charge in [-0.3, -0.25) is 4.79 Å². The van der Waals surface area contributed by atoms with Crippen LogP contribution in [-0.4, -0.2) is 49.4 Å². The summed E-state index contributed by atoms with van der Waals surface area (Å²) in [6.45, 7) is 3.11. The van der Waals surface area contributed by atoms with Crippen LogP contribution in [0.1, 0.15) is 12.0 Å². The number of hydrogen-bond acceptors (Lipinski definition) is 2. The van der Waals surface area contributed by atoms with Crippen LogP contribution in [0.2, 0.25) is 0 Å². The Labute approximate surface area is 144 Å². The normalized spacial score (nSPS) is 17.8. The van der Waals surface area contributed by atoms with Gasteiger partial charge in [0, 0.05) is 20.1 Å². The molecule has 1 atom stereocenters. The first-order chi connectivity index (χ1) is 11.6. The molecule has 3 rings (SSSR count). The van der Waals surface area contributed by atoms with Gasteiger partial charge >= 0.3 is 0 Å². The van der Waals surface area contributed by atoms with E-state index in [4.69, 9.17) is 0 Å². The van der Waals surface area contributed by atoms with Crippen LogP contribution in [0.25, 0.3) is 11.1 Å². The fourth-order valence-corrected chi connectivity index (χ4v) is 3.42. The van der Waals surface area contributed by atoms with Crippen molar-refractivity contribution in [1.29, 1.82) is 0 Å². The highest BCUT2D eigenvalue weighted by Crippen LogP contribution is 2.20. The van der Waals surface area contributed by atoms with Crippen molar-refractivity contribution in [1.82, 2.24) is 9.80 Å². The lowest BCUT2D eigenvalue weighted by atomic mass is 10.0. The number of likely N-dealkylation sites (tertiary alicyclic amines) is 1. The predicted molar refractivity (Wildman–Crippen MR) is 98.8 cm³/mol. The van der Waals surface area contributed by atoms with Gasteiger partial charge in [0.15, 0.2) is 0 Å². The van der Waals surface area contributed by atoms with Crippen molar-refractivity contribution >= 4 is 5.91 Å². The summed E-state index contributed by atoms with van der Waals surface area (Å²) in [7, 11) is 4.08. The summed E-state index contributed by atoms with van der Waals surface area (Å²) in [4.78, 5) is 16.7. The van der Waals surface area contributed by atoms with Gasteiger partial charge in [-0.1, -0.05) is 54.6 Å². The van der Waals surface area contributed by atoms with Gasteiger partial charge in [0.2, 0.25) is 5.91 Å². The second-order valence-electron chi connectivity index (χ2n) is 6.93. The quantitative estimate of drug-likeness (QED) is 0.843. The first-order valence-corrected chi connectivity index (χ1v) is 8.68. The Hall–Kier alpha value is -2.13. The van der Waals surface area contributed by atoms with Gasteiger partial charge in [0.25, 0.3) is 0 Å². The lowest BCUT2D eigenvalue weighted by Crippen LogP contribution is -2.33. The average molecular weight is 322 g/mol. The molecule has 2 aromatic carbocycles. The molecule has 1 saturated heterocycles. The van der Waals surface area contributed by atoms with Crippen molar-refractivity contribution in [3.05, 3.63) is 60.2 Å². The van der Waals surface area contributed by atoms with Gasteiger partial charge in [-0.2, -0.15) is 0 Å². The number of hydrogen-bond donors (Lipinski definition) is 0. The van der Waals surface area contributed by atoms with Crippen molar-refractivity contribution in [2.24, 2.45) is 5.92 Å². The lowest BCUT2D eigenvalue weighted by Gasteiger charge is -2.21. The molecule has 0 bridgehead atoms. The Morgan fingerprint density at radius 1 is 1.08 bits per heavy atom. The maximum atomic E-state index is 12.4. The second kappa shape index (κ2) is 7.63. The summed E-state index contributed by atoms with van der Waals surface area (Å²) >= 11 is 0. The molecule has 1 heterocycles. The number of nitrogens with zero attached hydrogens (tertiary/aromatic N) is 2. The second-order valence-corrected chi connectivity index (χ2v) is 6.93. The highest BCUT2D eigenvalue weighted by atomic mass is 16.2. The molecule has 1 amide bonds. The minimum atomic E-state index is 0.206. The van der Waals surface area contributed by atoms with E-state index in [0.717, 1.165) is 25.2 Å². The Morgan fingerprint density at radius 3 is 2.38 bits per heavy atom. The first-order valence-electron chi connectivity index (χ1n) is 8.68. The van der Waals surface area contributed by atoms with E-state index < -0.39 is 0 Å². The largest absolute Gasteiger partial charge is 0.345 e. The Balaban J connectivity index is 1.56. The highest BCUT2D eigenvalue weighted by Gasteiger charge is 2.22. The molecule has 0 saturated carbocycles. The van der Waals surface area contributed by atoms with Crippen molar-refractivity contribution in [3.8, 4) is 11.1 Å². The fraction of sp³-hybridized carbons (Fsp3) is 0.381. The van der Waals surface area contributed by atoms with E-state index in [-0.39, 0.29) is 5.91 Å². The minimum Gasteiger partial charge on any atom is -0.345 e. The van der Waals surface area contributed by atoms with Gasteiger partial charge in [0.1, 0.15) is 0 Å². The van der Waals surface area contributed by atoms with Crippen LogP contribution in [-0.2, 0) is 11.2 Å². The Morgan fingerprint density at radius 2 is 1.75 bits per heavy atom. The van der Waals surface area contributed by atoms with Crippen LogP contribution in [0.4, 0.5) is 0 Å². The van der Waals surface area contributed by atoms with Gasteiger partial charge in [-0.25, -0.2) is 0 Å². The molecule has 0 N–H and O–H groups in total. The molecule has 0 aromatic heterocycles. The third kappa shape index (κ3) is 4.24. The molecule has 3 heteroatoms. The zero-order chi connectivity index (χ0) is 16.9. The zero-order valence-electron chi connectivity index (χ0n) is 14.6. The predicted octanol–water partition coefficient (Wildman–Crippen LogP) is 3.31. The monoisotopic (exact) mass is 322 g/mol. The summed E-state index contributed by atoms with van der Waals surface area (Å²) in [6.07, 6.45) is 1.67. The van der Waals surface area contributed by atoms with Crippen LogP contribution >= 0.6 is 0 Å². The molecule has 1 fully saturated rings. The standard InChI is InChI=1S/C21H26N2O/c1-22-13-12-18(15-22)16-23(2)21(24)14-17-8-10-20(11-9-17)19-6-4-3-5-7-19/h3-11,18H,12-16H2,1-2H3. The molecule has 0 aliphatic carbocycles. The minimum absolute atomic E-state index is 0.206. The maximum Gasteiger partial charge on any atom is 0.226 e. The van der Waals surface area contributed by atoms with Crippen LogP contribution in [0.3, 0.4) is 0 Å². The molecule has 3 nitrogen and oxygen atoms in total. The molecule has 126 valence electrons. The van der Waals surface area contributed by atoms with Crippen molar-refractivity contribution in [2.45, 2.75) is 12.8 Å². The molecule has 0 spiro atoms. The van der Waals surface area contributed by atoms with Gasteiger partial charge in [-0.05, 0) is 42.6 Å². The van der Waals surface area contributed by atoms with Gasteiger partial charge in [0.05, 0.1) is 6.42 Å². The molecular weight excluding hydrogens is 296 g/mol. The van der Waals surface area contributed by atoms with E-state index in [1.165, 1.54) is 17.5 Å². The van der Waals surface area contributed by atoms with Crippen molar-refractivity contribution < 1.29 is 4.79 Å². The third-order valence-electron chi connectivity index (χ3n) is 4.86. The van der Waals surface area contributed by atoms with Crippen LogP contribution in [0, 0.1) is 5.92 Å². The fourth-order valence-electron chi connectivity index (χ4n) is 3.42. The zero-order valence-corrected chi connectivity index (χ0v) is 14.6. The highest BCUT2D eigenvalue weighted by molar-refractivity contribution is 5.78. The van der Waals surface area contributed by atoms with E-state index in [9.17, 15) is 4.79 Å². The molecule has 2 aromatic rings. The average Bonchev–Trinajstić information content (AvgIpc) is 3.01. The third-order valence-corrected chi connectivity index (χ3v) is 4.86. The summed E-state index contributed by atoms with van der Waals surface area (Å²) in [6, 6.07) is 18.7. The van der Waals surface area contributed by atoms with Gasteiger partial charge in [-0.15, -0.1) is 0 Å². The molecular formula is C21H26N2O. The smallest absolute Gasteiger partial charge is 0.226 e. The number of amides is 1. The number of benzene rings is 2. The first kappa shape index (κ1) is 16.7. The Bertz CT molecular complexity index is 666. The Kier molecular flexibility index (Phi) is 5.31. The summed E-state index contributed by atoms with van der Waals surface area (Å²) in [5.74, 6) is 0.821. The number of carbonyl (C=O) groups excluding carboxylic acids is 1. The lowest BCUT2D eigenvalue weighted by molar-refractivity contribution is -0.129. The van der Waals surface area contributed by atoms with E-state index in [0.29, 0.717) is 12.3 Å². The van der Waals surface area contributed by atoms with Crippen molar-refractivity contribution in [3.63, 3.8) is 0 Å². The van der Waals surface area contributed by atoms with E-state index in [2.05, 4.69) is 48.3 Å². The maximum absolute atomic E-state index is 12.4. The van der Waals surface area contributed by atoms with Crippen LogP contribution < -0.4 is 0 Å².